The van der Waals surface area contributed by atoms with Crippen LogP contribution in [0, 0.1) is 10.7 Å². The van der Waals surface area contributed by atoms with E-state index in [9.17, 15) is 9.30 Å². The van der Waals surface area contributed by atoms with E-state index in [1.54, 1.807) is 0 Å². The second kappa shape index (κ2) is 2.96. The van der Waals surface area contributed by atoms with Crippen LogP contribution in [-0.2, 0) is 0 Å². The Hall–Kier alpha value is -0.970. The van der Waals surface area contributed by atoms with Gasteiger partial charge in [-0.15, -0.1) is 4.91 Å². The smallest absolute Gasteiger partial charge is 0.145 e. The summed E-state index contributed by atoms with van der Waals surface area (Å²) in [6.45, 7) is 0. The van der Waals surface area contributed by atoms with Crippen molar-refractivity contribution in [1.29, 1.82) is 0 Å². The van der Waals surface area contributed by atoms with E-state index in [1.165, 1.54) is 0 Å². The number of nitrogens with two attached hydrogens (primary N) is 1. The standard InChI is InChI=1S/C6H4BrFN2O/c7-4-1-3(8)2-5(9)6(4)10-11/h1-2H,9H2. The first-order valence-corrected chi connectivity index (χ1v) is 3.52. The Morgan fingerprint density at radius 2 is 2.18 bits per heavy atom. The minimum atomic E-state index is -0.498. The van der Waals surface area contributed by atoms with E-state index < -0.39 is 5.82 Å². The third-order valence-corrected chi connectivity index (χ3v) is 1.75. The maximum atomic E-state index is 12.5. The number of hydrogen-bond donors (Lipinski definition) is 1. The lowest BCUT2D eigenvalue weighted by atomic mass is 10.3. The fourth-order valence-electron chi connectivity index (χ4n) is 0.682. The van der Waals surface area contributed by atoms with E-state index in [4.69, 9.17) is 5.73 Å². The number of rotatable bonds is 1. The zero-order valence-corrected chi connectivity index (χ0v) is 6.93. The van der Waals surface area contributed by atoms with E-state index in [1.807, 2.05) is 0 Å². The monoisotopic (exact) mass is 218 g/mol. The van der Waals surface area contributed by atoms with Gasteiger partial charge in [0.25, 0.3) is 0 Å². The molecule has 0 heterocycles. The highest BCUT2D eigenvalue weighted by atomic mass is 79.9. The molecule has 0 saturated heterocycles. The van der Waals surface area contributed by atoms with Crippen LogP contribution < -0.4 is 5.73 Å². The molecule has 2 N–H and O–H groups in total. The molecule has 3 nitrogen and oxygen atoms in total. The fraction of sp³-hybridized carbons (Fsp3) is 0. The highest BCUT2D eigenvalue weighted by Crippen LogP contribution is 2.31. The summed E-state index contributed by atoms with van der Waals surface area (Å²) in [5.74, 6) is -0.498. The van der Waals surface area contributed by atoms with Gasteiger partial charge in [0.05, 0.1) is 10.2 Å². The van der Waals surface area contributed by atoms with Gasteiger partial charge in [-0.25, -0.2) is 4.39 Å². The van der Waals surface area contributed by atoms with E-state index in [0.29, 0.717) is 0 Å². The molecule has 0 spiro atoms. The Labute approximate surface area is 70.5 Å². The van der Waals surface area contributed by atoms with Gasteiger partial charge >= 0.3 is 0 Å². The zero-order valence-electron chi connectivity index (χ0n) is 5.34. The molecule has 58 valence electrons. The van der Waals surface area contributed by atoms with Crippen molar-refractivity contribution in [3.05, 3.63) is 27.3 Å². The largest absolute Gasteiger partial charge is 0.397 e. The Kier molecular flexibility index (Phi) is 2.19. The summed E-state index contributed by atoms with van der Waals surface area (Å²) in [6.07, 6.45) is 0. The van der Waals surface area contributed by atoms with Gasteiger partial charge in [0.2, 0.25) is 0 Å². The van der Waals surface area contributed by atoms with Crippen molar-refractivity contribution in [2.24, 2.45) is 5.18 Å². The molecule has 11 heavy (non-hydrogen) atoms. The molecular formula is C6H4BrFN2O. The lowest BCUT2D eigenvalue weighted by Gasteiger charge is -1.98. The fourth-order valence-corrected chi connectivity index (χ4v) is 1.20. The normalized spacial score (nSPS) is 9.64. The summed E-state index contributed by atoms with van der Waals surface area (Å²) < 4.78 is 12.8. The van der Waals surface area contributed by atoms with Crippen LogP contribution in [0.5, 0.6) is 0 Å². The van der Waals surface area contributed by atoms with Crippen molar-refractivity contribution >= 4 is 27.3 Å². The Bertz CT molecular complexity index is 280. The van der Waals surface area contributed by atoms with Crippen LogP contribution in [0.15, 0.2) is 21.8 Å². The van der Waals surface area contributed by atoms with Crippen molar-refractivity contribution in [3.63, 3.8) is 0 Å². The van der Waals surface area contributed by atoms with Gasteiger partial charge < -0.3 is 5.73 Å². The molecule has 1 aromatic carbocycles. The number of hydrogen-bond acceptors (Lipinski definition) is 3. The average molecular weight is 219 g/mol. The van der Waals surface area contributed by atoms with Crippen LogP contribution >= 0.6 is 15.9 Å². The molecule has 1 rings (SSSR count). The van der Waals surface area contributed by atoms with Crippen LogP contribution in [0.2, 0.25) is 0 Å². The maximum absolute atomic E-state index is 12.5. The molecular weight excluding hydrogens is 215 g/mol. The Morgan fingerprint density at radius 1 is 1.55 bits per heavy atom. The summed E-state index contributed by atoms with van der Waals surface area (Å²) >= 11 is 2.94. The summed E-state index contributed by atoms with van der Waals surface area (Å²) in [4.78, 5) is 10.1. The predicted molar refractivity (Wildman–Crippen MR) is 44.0 cm³/mol. The highest BCUT2D eigenvalue weighted by molar-refractivity contribution is 9.10. The van der Waals surface area contributed by atoms with E-state index >= 15 is 0 Å². The molecule has 0 aliphatic rings. The van der Waals surface area contributed by atoms with Crippen LogP contribution in [0.3, 0.4) is 0 Å². The molecule has 0 radical (unpaired) electrons. The van der Waals surface area contributed by atoms with Crippen molar-refractivity contribution in [2.45, 2.75) is 0 Å². The van der Waals surface area contributed by atoms with Gasteiger partial charge in [-0.1, -0.05) is 0 Å². The summed E-state index contributed by atoms with van der Waals surface area (Å²) in [5.41, 5.74) is 5.34. The van der Waals surface area contributed by atoms with Gasteiger partial charge in [0.1, 0.15) is 11.5 Å². The van der Waals surface area contributed by atoms with Crippen molar-refractivity contribution < 1.29 is 4.39 Å². The number of anilines is 1. The lowest BCUT2D eigenvalue weighted by Crippen LogP contribution is -1.87. The minimum Gasteiger partial charge on any atom is -0.397 e. The van der Waals surface area contributed by atoms with Crippen molar-refractivity contribution in [1.82, 2.24) is 0 Å². The number of halogens is 2. The number of nitrogen functional groups attached to an aromatic ring is 1. The van der Waals surface area contributed by atoms with Crippen LogP contribution in [0.25, 0.3) is 0 Å². The molecule has 0 aliphatic heterocycles. The molecule has 0 atom stereocenters. The number of benzene rings is 1. The summed E-state index contributed by atoms with van der Waals surface area (Å²) in [6, 6.07) is 2.18. The number of nitrogens with zero attached hydrogens (tertiary/aromatic N) is 1. The zero-order chi connectivity index (χ0) is 8.43. The Balaban J connectivity index is 3.36. The van der Waals surface area contributed by atoms with Crippen molar-refractivity contribution in [2.75, 3.05) is 5.73 Å². The average Bonchev–Trinajstić information content (AvgIpc) is 1.85. The molecule has 0 fully saturated rings. The third kappa shape index (κ3) is 1.54. The van der Waals surface area contributed by atoms with Gasteiger partial charge in [0, 0.05) is 0 Å². The van der Waals surface area contributed by atoms with Gasteiger partial charge in [-0.05, 0) is 33.2 Å². The Morgan fingerprint density at radius 3 is 2.64 bits per heavy atom. The molecule has 0 amide bonds. The molecule has 5 heteroatoms. The predicted octanol–water partition coefficient (Wildman–Crippen LogP) is 2.57. The van der Waals surface area contributed by atoms with Crippen molar-refractivity contribution in [3.8, 4) is 0 Å². The second-order valence-electron chi connectivity index (χ2n) is 1.92. The van der Waals surface area contributed by atoms with Gasteiger partial charge in [-0.2, -0.15) is 0 Å². The lowest BCUT2D eigenvalue weighted by molar-refractivity contribution is 0.628. The van der Waals surface area contributed by atoms with E-state index in [2.05, 4.69) is 21.1 Å². The molecule has 0 unspecified atom stereocenters. The van der Waals surface area contributed by atoms with Crippen LogP contribution in [0.4, 0.5) is 15.8 Å². The van der Waals surface area contributed by atoms with Crippen LogP contribution in [0.1, 0.15) is 0 Å². The third-order valence-electron chi connectivity index (χ3n) is 1.15. The molecule has 1 aromatic rings. The quantitative estimate of drug-likeness (QED) is 0.582. The topological polar surface area (TPSA) is 55.4 Å². The van der Waals surface area contributed by atoms with Gasteiger partial charge in [0.15, 0.2) is 0 Å². The highest BCUT2D eigenvalue weighted by Gasteiger charge is 2.06. The molecule has 0 saturated carbocycles. The molecule has 0 aliphatic carbocycles. The summed E-state index contributed by atoms with van der Waals surface area (Å²) in [7, 11) is 0. The second-order valence-corrected chi connectivity index (χ2v) is 2.77. The first-order valence-electron chi connectivity index (χ1n) is 2.73. The van der Waals surface area contributed by atoms with E-state index in [-0.39, 0.29) is 15.8 Å². The minimum absolute atomic E-state index is 0.0337. The molecule has 0 aromatic heterocycles. The van der Waals surface area contributed by atoms with E-state index in [0.717, 1.165) is 12.1 Å². The first kappa shape index (κ1) is 8.13. The molecule has 0 bridgehead atoms. The van der Waals surface area contributed by atoms with Crippen LogP contribution in [-0.4, -0.2) is 0 Å². The number of nitroso groups, excluding NO2 is 1. The SMILES string of the molecule is Nc1cc(F)cc(Br)c1N=O. The van der Waals surface area contributed by atoms with Gasteiger partial charge in [-0.3, -0.25) is 0 Å². The maximum Gasteiger partial charge on any atom is 0.145 e. The first-order chi connectivity index (χ1) is 5.15. The summed E-state index contributed by atoms with van der Waals surface area (Å²) in [5, 5.41) is 2.62.